The lowest BCUT2D eigenvalue weighted by atomic mass is 9.95. The summed E-state index contributed by atoms with van der Waals surface area (Å²) in [4.78, 5) is 20.0. The van der Waals surface area contributed by atoms with Gasteiger partial charge in [0.15, 0.2) is 0 Å². The van der Waals surface area contributed by atoms with Crippen molar-refractivity contribution in [1.29, 1.82) is 0 Å². The van der Waals surface area contributed by atoms with E-state index in [-0.39, 0.29) is 11.8 Å². The van der Waals surface area contributed by atoms with E-state index in [1.165, 1.54) is 16.8 Å². The molecular formula is C25H30N4O. The summed E-state index contributed by atoms with van der Waals surface area (Å²) in [6.45, 7) is 6.00. The van der Waals surface area contributed by atoms with Crippen molar-refractivity contribution in [2.45, 2.75) is 45.1 Å². The highest BCUT2D eigenvalue weighted by Gasteiger charge is 2.29. The van der Waals surface area contributed by atoms with Crippen molar-refractivity contribution in [2.24, 2.45) is 5.92 Å². The average molecular weight is 403 g/mol. The molecule has 5 nitrogen and oxygen atoms in total. The summed E-state index contributed by atoms with van der Waals surface area (Å²) in [5.41, 5.74) is 6.00. The number of aromatic nitrogens is 2. The minimum atomic E-state index is 0.0411. The van der Waals surface area contributed by atoms with E-state index >= 15 is 0 Å². The number of likely N-dealkylation sites (tertiary alicyclic amines) is 1. The van der Waals surface area contributed by atoms with Crippen LogP contribution < -0.4 is 5.32 Å². The highest BCUT2D eigenvalue weighted by Crippen LogP contribution is 2.33. The molecular weight excluding hydrogens is 372 g/mol. The Kier molecular flexibility index (Phi) is 5.30. The predicted molar refractivity (Wildman–Crippen MR) is 118 cm³/mol. The van der Waals surface area contributed by atoms with Gasteiger partial charge in [0, 0.05) is 19.3 Å². The smallest absolute Gasteiger partial charge is 0.227 e. The number of hydrogen-bond donors (Lipinski definition) is 1. The summed E-state index contributed by atoms with van der Waals surface area (Å²) in [6.07, 6.45) is 6.35. The number of fused-ring (bicyclic) bond motifs is 2. The normalized spacial score (nSPS) is 19.8. The van der Waals surface area contributed by atoms with Gasteiger partial charge in [-0.15, -0.1) is 0 Å². The van der Waals surface area contributed by atoms with Crippen molar-refractivity contribution < 1.29 is 4.79 Å². The van der Waals surface area contributed by atoms with Crippen LogP contribution in [0.4, 0.5) is 0 Å². The molecule has 156 valence electrons. The largest absolute Gasteiger partial charge is 0.355 e. The summed E-state index contributed by atoms with van der Waals surface area (Å²) < 4.78 is 2.21. The molecule has 1 amide bonds. The van der Waals surface area contributed by atoms with E-state index in [1.54, 1.807) is 0 Å². The Morgan fingerprint density at radius 1 is 1.10 bits per heavy atom. The number of nitrogens with zero attached hydrogens (tertiary/aromatic N) is 3. The van der Waals surface area contributed by atoms with Crippen LogP contribution >= 0.6 is 0 Å². The van der Waals surface area contributed by atoms with Crippen LogP contribution in [-0.4, -0.2) is 39.8 Å². The molecule has 1 atom stereocenters. The van der Waals surface area contributed by atoms with Crippen molar-refractivity contribution >= 4 is 11.6 Å². The first kappa shape index (κ1) is 19.3. The molecule has 3 aromatic rings. The number of benzene rings is 1. The number of piperidine rings is 1. The van der Waals surface area contributed by atoms with E-state index in [9.17, 15) is 4.79 Å². The van der Waals surface area contributed by atoms with Gasteiger partial charge in [0.1, 0.15) is 5.65 Å². The van der Waals surface area contributed by atoms with Gasteiger partial charge in [-0.2, -0.15) is 0 Å². The monoisotopic (exact) mass is 402 g/mol. The van der Waals surface area contributed by atoms with Crippen LogP contribution in [0.3, 0.4) is 0 Å². The molecule has 1 saturated heterocycles. The van der Waals surface area contributed by atoms with Crippen molar-refractivity contribution in [1.82, 2.24) is 19.6 Å². The molecule has 5 rings (SSSR count). The Morgan fingerprint density at radius 3 is 2.77 bits per heavy atom. The average Bonchev–Trinajstić information content (AvgIpc) is 3.34. The molecule has 0 unspecified atom stereocenters. The first-order valence-corrected chi connectivity index (χ1v) is 11.2. The molecule has 0 saturated carbocycles. The molecule has 30 heavy (non-hydrogen) atoms. The summed E-state index contributed by atoms with van der Waals surface area (Å²) in [7, 11) is 0. The second kappa shape index (κ2) is 8.23. The van der Waals surface area contributed by atoms with Gasteiger partial charge in [-0.1, -0.05) is 30.3 Å². The third-order valence-corrected chi connectivity index (χ3v) is 6.92. The summed E-state index contributed by atoms with van der Waals surface area (Å²) in [5.74, 6) is 0.827. The SMILES string of the molecule is Cc1nc2ccccn2c1CN1CCC(CNC(=O)[C@@H]2CCc3ccccc32)CC1. The molecule has 5 heteroatoms. The maximum atomic E-state index is 12.8. The number of carbonyl (C=O) groups excluding carboxylic acids is 1. The van der Waals surface area contributed by atoms with Crippen molar-refractivity contribution in [3.8, 4) is 0 Å². The Bertz CT molecular complexity index is 1050. The number of rotatable bonds is 5. The Balaban J connectivity index is 1.12. The molecule has 1 aliphatic carbocycles. The molecule has 1 fully saturated rings. The highest BCUT2D eigenvalue weighted by molar-refractivity contribution is 5.84. The van der Waals surface area contributed by atoms with Crippen molar-refractivity contribution in [3.63, 3.8) is 0 Å². The van der Waals surface area contributed by atoms with Crippen LogP contribution in [0.1, 0.15) is 47.7 Å². The molecule has 1 aliphatic heterocycles. The molecule has 2 aromatic heterocycles. The van der Waals surface area contributed by atoms with Gasteiger partial charge >= 0.3 is 0 Å². The molecule has 1 aromatic carbocycles. The second-order valence-corrected chi connectivity index (χ2v) is 8.83. The summed E-state index contributed by atoms with van der Waals surface area (Å²) in [6, 6.07) is 14.6. The van der Waals surface area contributed by atoms with Crippen LogP contribution in [0.25, 0.3) is 5.65 Å². The minimum Gasteiger partial charge on any atom is -0.355 e. The Hall–Kier alpha value is -2.66. The number of nitrogens with one attached hydrogen (secondary N) is 1. The fourth-order valence-electron chi connectivity index (χ4n) is 5.11. The zero-order valence-electron chi connectivity index (χ0n) is 17.7. The number of pyridine rings is 1. The molecule has 3 heterocycles. The number of amides is 1. The molecule has 2 aliphatic rings. The lowest BCUT2D eigenvalue weighted by Crippen LogP contribution is -2.39. The fraction of sp³-hybridized carbons (Fsp3) is 0.440. The third-order valence-electron chi connectivity index (χ3n) is 6.92. The summed E-state index contributed by atoms with van der Waals surface area (Å²) in [5, 5.41) is 3.26. The number of hydrogen-bond acceptors (Lipinski definition) is 3. The Morgan fingerprint density at radius 2 is 1.90 bits per heavy atom. The number of carbonyl (C=O) groups is 1. The highest BCUT2D eigenvalue weighted by atomic mass is 16.1. The zero-order chi connectivity index (χ0) is 20.5. The van der Waals surface area contributed by atoms with E-state index in [2.05, 4.69) is 63.1 Å². The van der Waals surface area contributed by atoms with E-state index in [1.807, 2.05) is 12.1 Å². The van der Waals surface area contributed by atoms with E-state index < -0.39 is 0 Å². The zero-order valence-corrected chi connectivity index (χ0v) is 17.7. The fourth-order valence-corrected chi connectivity index (χ4v) is 5.11. The van der Waals surface area contributed by atoms with Gasteiger partial charge in [-0.3, -0.25) is 9.69 Å². The van der Waals surface area contributed by atoms with Gasteiger partial charge < -0.3 is 9.72 Å². The molecule has 0 bridgehead atoms. The van der Waals surface area contributed by atoms with Crippen LogP contribution in [0.5, 0.6) is 0 Å². The van der Waals surface area contributed by atoms with E-state index in [0.717, 1.165) is 63.2 Å². The number of aryl methyl sites for hydroxylation is 2. The number of imidazole rings is 1. The van der Waals surface area contributed by atoms with Gasteiger partial charge in [-0.05, 0) is 74.9 Å². The van der Waals surface area contributed by atoms with Crippen LogP contribution in [0.15, 0.2) is 48.7 Å². The van der Waals surface area contributed by atoms with Crippen LogP contribution in [0.2, 0.25) is 0 Å². The maximum absolute atomic E-state index is 12.8. The van der Waals surface area contributed by atoms with E-state index in [0.29, 0.717) is 5.92 Å². The standard InChI is InChI=1S/C25H30N4O/c1-18-23(29-13-5-4-8-24(29)27-18)17-28-14-11-19(12-15-28)16-26-25(30)22-10-9-20-6-2-3-7-21(20)22/h2-8,13,19,22H,9-12,14-17H2,1H3,(H,26,30)/t22-/m1/s1. The minimum absolute atomic E-state index is 0.0411. The van der Waals surface area contributed by atoms with Gasteiger partial charge in [-0.25, -0.2) is 4.98 Å². The lowest BCUT2D eigenvalue weighted by Gasteiger charge is -2.32. The first-order chi connectivity index (χ1) is 14.7. The van der Waals surface area contributed by atoms with Gasteiger partial charge in [0.2, 0.25) is 5.91 Å². The maximum Gasteiger partial charge on any atom is 0.227 e. The van der Waals surface area contributed by atoms with Crippen LogP contribution in [0, 0.1) is 12.8 Å². The van der Waals surface area contributed by atoms with E-state index in [4.69, 9.17) is 0 Å². The quantitative estimate of drug-likeness (QED) is 0.708. The third kappa shape index (κ3) is 3.74. The van der Waals surface area contributed by atoms with Gasteiger partial charge in [0.05, 0.1) is 17.3 Å². The predicted octanol–water partition coefficient (Wildman–Crippen LogP) is 3.70. The van der Waals surface area contributed by atoms with Crippen molar-refractivity contribution in [2.75, 3.05) is 19.6 Å². The lowest BCUT2D eigenvalue weighted by molar-refractivity contribution is -0.122. The van der Waals surface area contributed by atoms with Crippen molar-refractivity contribution in [3.05, 3.63) is 71.2 Å². The second-order valence-electron chi connectivity index (χ2n) is 8.83. The Labute approximate surface area is 178 Å². The molecule has 0 radical (unpaired) electrons. The first-order valence-electron chi connectivity index (χ1n) is 11.2. The summed E-state index contributed by atoms with van der Waals surface area (Å²) >= 11 is 0. The molecule has 1 N–H and O–H groups in total. The van der Waals surface area contributed by atoms with Crippen LogP contribution in [-0.2, 0) is 17.8 Å². The molecule has 0 spiro atoms. The van der Waals surface area contributed by atoms with Gasteiger partial charge in [0.25, 0.3) is 0 Å². The topological polar surface area (TPSA) is 49.6 Å².